The maximum absolute atomic E-state index is 12.3. The Kier molecular flexibility index (Phi) is 3.64. The van der Waals surface area contributed by atoms with Crippen molar-refractivity contribution in [2.24, 2.45) is 7.05 Å². The maximum Gasteiger partial charge on any atom is 0.279 e. The molecule has 0 spiro atoms. The van der Waals surface area contributed by atoms with Gasteiger partial charge in [-0.1, -0.05) is 0 Å². The molecule has 2 aromatic heterocycles. The van der Waals surface area contributed by atoms with E-state index >= 15 is 0 Å². The van der Waals surface area contributed by atoms with Gasteiger partial charge >= 0.3 is 0 Å². The largest absolute Gasteiger partial charge is 0.342 e. The molecular formula is C12H16N6O2. The van der Waals surface area contributed by atoms with E-state index in [4.69, 9.17) is 0 Å². The lowest BCUT2D eigenvalue weighted by Crippen LogP contribution is -2.36. The van der Waals surface area contributed by atoms with Gasteiger partial charge in [-0.2, -0.15) is 10.2 Å². The number of nitrogens with zero attached hydrogens (tertiary/aromatic N) is 4. The number of carbonyl (C=O) groups is 1. The topological polar surface area (TPSA) is 106 Å². The minimum absolute atomic E-state index is 0.103. The van der Waals surface area contributed by atoms with Crippen LogP contribution in [0.3, 0.4) is 0 Å². The molecule has 0 saturated carbocycles. The lowest BCUT2D eigenvalue weighted by Gasteiger charge is -2.13. The predicted molar refractivity (Wildman–Crippen MR) is 71.2 cm³/mol. The van der Waals surface area contributed by atoms with Gasteiger partial charge in [0.2, 0.25) is 0 Å². The second-order valence-corrected chi connectivity index (χ2v) is 4.58. The quantitative estimate of drug-likeness (QED) is 0.821. The number of amides is 1. The highest BCUT2D eigenvalue weighted by atomic mass is 16.2. The third kappa shape index (κ3) is 2.44. The summed E-state index contributed by atoms with van der Waals surface area (Å²) >= 11 is 0. The molecule has 2 N–H and O–H groups in total. The van der Waals surface area contributed by atoms with Crippen LogP contribution in [0.4, 0.5) is 0 Å². The predicted octanol–water partition coefficient (Wildman–Crippen LogP) is 0.00624. The van der Waals surface area contributed by atoms with Crippen LogP contribution < -0.4 is 10.9 Å². The minimum Gasteiger partial charge on any atom is -0.342 e. The first kappa shape index (κ1) is 13.9. The van der Waals surface area contributed by atoms with Crippen LogP contribution in [0.15, 0.2) is 11.1 Å². The number of carbonyl (C=O) groups excluding carboxylic acids is 1. The second kappa shape index (κ2) is 5.24. The van der Waals surface area contributed by atoms with Gasteiger partial charge in [0.1, 0.15) is 17.7 Å². The fourth-order valence-corrected chi connectivity index (χ4v) is 1.88. The minimum atomic E-state index is -0.447. The Bertz CT molecular complexity index is 689. The highest BCUT2D eigenvalue weighted by Crippen LogP contribution is 2.09. The van der Waals surface area contributed by atoms with Crippen LogP contribution in [0.1, 0.15) is 40.4 Å². The third-order valence-corrected chi connectivity index (χ3v) is 3.14. The zero-order valence-electron chi connectivity index (χ0n) is 11.8. The smallest absolute Gasteiger partial charge is 0.279 e. The van der Waals surface area contributed by atoms with Crippen molar-refractivity contribution in [3.05, 3.63) is 39.3 Å². The van der Waals surface area contributed by atoms with Crippen molar-refractivity contribution < 1.29 is 4.79 Å². The summed E-state index contributed by atoms with van der Waals surface area (Å²) in [6, 6.07) is -0.373. The Labute approximate surface area is 115 Å². The molecule has 20 heavy (non-hydrogen) atoms. The molecule has 0 aliphatic rings. The molecule has 1 amide bonds. The second-order valence-electron chi connectivity index (χ2n) is 4.58. The number of aromatic nitrogens is 5. The van der Waals surface area contributed by atoms with E-state index in [1.54, 1.807) is 20.8 Å². The fraction of sp³-hybridized carbons (Fsp3) is 0.417. The molecule has 106 valence electrons. The molecule has 2 rings (SSSR count). The molecule has 2 heterocycles. The van der Waals surface area contributed by atoms with Crippen molar-refractivity contribution in [2.45, 2.75) is 26.8 Å². The van der Waals surface area contributed by atoms with Crippen LogP contribution in [-0.2, 0) is 7.05 Å². The summed E-state index contributed by atoms with van der Waals surface area (Å²) in [5, 5.41) is 13.2. The number of hydrogen-bond acceptors (Lipinski definition) is 5. The van der Waals surface area contributed by atoms with E-state index in [0.29, 0.717) is 17.1 Å². The normalized spacial score (nSPS) is 12.2. The van der Waals surface area contributed by atoms with Crippen molar-refractivity contribution >= 4 is 5.91 Å². The highest BCUT2D eigenvalue weighted by Gasteiger charge is 2.20. The molecule has 0 radical (unpaired) electrons. The average Bonchev–Trinajstić information content (AvgIpc) is 2.90. The first-order chi connectivity index (χ1) is 9.41. The summed E-state index contributed by atoms with van der Waals surface area (Å²) in [6.45, 7) is 5.22. The number of nitrogens with one attached hydrogen (secondary N) is 2. The Morgan fingerprint density at radius 2 is 2.15 bits per heavy atom. The van der Waals surface area contributed by atoms with Gasteiger partial charge in [-0.05, 0) is 26.3 Å². The van der Waals surface area contributed by atoms with Gasteiger partial charge in [-0.3, -0.25) is 14.7 Å². The molecule has 8 heteroatoms. The van der Waals surface area contributed by atoms with Crippen LogP contribution in [0.25, 0.3) is 0 Å². The lowest BCUT2D eigenvalue weighted by atomic mass is 10.1. The number of aryl methyl sites for hydroxylation is 2. The van der Waals surface area contributed by atoms with Gasteiger partial charge in [0, 0.05) is 7.05 Å². The lowest BCUT2D eigenvalue weighted by molar-refractivity contribution is 0.0935. The van der Waals surface area contributed by atoms with E-state index in [-0.39, 0.29) is 11.6 Å². The molecular weight excluding hydrogens is 260 g/mol. The Morgan fingerprint density at radius 3 is 2.75 bits per heavy atom. The highest BCUT2D eigenvalue weighted by molar-refractivity contribution is 5.95. The molecule has 2 aromatic rings. The summed E-state index contributed by atoms with van der Waals surface area (Å²) in [5.74, 6) is 0.0797. The average molecular weight is 276 g/mol. The van der Waals surface area contributed by atoms with Crippen LogP contribution in [-0.4, -0.2) is 30.9 Å². The van der Waals surface area contributed by atoms with Crippen LogP contribution in [0.2, 0.25) is 0 Å². The molecule has 1 unspecified atom stereocenters. The van der Waals surface area contributed by atoms with E-state index in [1.165, 1.54) is 13.4 Å². The summed E-state index contributed by atoms with van der Waals surface area (Å²) in [6.07, 6.45) is 1.36. The zero-order valence-corrected chi connectivity index (χ0v) is 11.8. The van der Waals surface area contributed by atoms with Crippen molar-refractivity contribution in [3.8, 4) is 0 Å². The molecule has 0 saturated heterocycles. The van der Waals surface area contributed by atoms with Gasteiger partial charge in [0.25, 0.3) is 11.5 Å². The van der Waals surface area contributed by atoms with E-state index < -0.39 is 11.5 Å². The molecule has 0 aromatic carbocycles. The molecule has 8 nitrogen and oxygen atoms in total. The first-order valence-electron chi connectivity index (χ1n) is 6.12. The van der Waals surface area contributed by atoms with Crippen molar-refractivity contribution in [1.82, 2.24) is 30.3 Å². The van der Waals surface area contributed by atoms with Crippen LogP contribution in [0.5, 0.6) is 0 Å². The number of hydrogen-bond donors (Lipinski definition) is 2. The van der Waals surface area contributed by atoms with Crippen LogP contribution in [0, 0.1) is 13.8 Å². The summed E-state index contributed by atoms with van der Waals surface area (Å²) in [5.41, 5.74) is 0.904. The standard InChI is InChI=1S/C12H16N6O2/c1-6-7(2)17-18(4)12(20)9(6)11(19)15-8(3)10-13-5-14-16-10/h5,8H,1-4H3,(H,15,19)(H,13,14,16). The van der Waals surface area contributed by atoms with E-state index in [0.717, 1.165) is 4.68 Å². The third-order valence-electron chi connectivity index (χ3n) is 3.14. The Morgan fingerprint density at radius 1 is 1.45 bits per heavy atom. The van der Waals surface area contributed by atoms with Crippen molar-refractivity contribution in [2.75, 3.05) is 0 Å². The Balaban J connectivity index is 2.33. The summed E-state index contributed by atoms with van der Waals surface area (Å²) in [7, 11) is 1.52. The van der Waals surface area contributed by atoms with Gasteiger partial charge in [0.05, 0.1) is 11.7 Å². The molecule has 1 atom stereocenters. The molecule has 0 fully saturated rings. The molecule has 0 aliphatic carbocycles. The number of H-pyrrole nitrogens is 1. The monoisotopic (exact) mass is 276 g/mol. The number of aromatic amines is 1. The molecule has 0 aliphatic heterocycles. The van der Waals surface area contributed by atoms with Gasteiger partial charge in [-0.25, -0.2) is 9.67 Å². The summed E-state index contributed by atoms with van der Waals surface area (Å²) < 4.78 is 1.16. The first-order valence-corrected chi connectivity index (χ1v) is 6.12. The maximum atomic E-state index is 12.3. The Hall–Kier alpha value is -2.51. The van der Waals surface area contributed by atoms with Gasteiger partial charge < -0.3 is 5.32 Å². The number of rotatable bonds is 3. The van der Waals surface area contributed by atoms with E-state index in [9.17, 15) is 9.59 Å². The van der Waals surface area contributed by atoms with E-state index in [1.807, 2.05) is 0 Å². The van der Waals surface area contributed by atoms with Gasteiger partial charge in [0.15, 0.2) is 0 Å². The van der Waals surface area contributed by atoms with Crippen molar-refractivity contribution in [3.63, 3.8) is 0 Å². The van der Waals surface area contributed by atoms with E-state index in [2.05, 4.69) is 25.6 Å². The SMILES string of the molecule is Cc1nn(C)c(=O)c(C(=O)NC(C)c2ncn[nH]2)c1C. The zero-order chi connectivity index (χ0) is 14.9. The fourth-order valence-electron chi connectivity index (χ4n) is 1.88. The summed E-state index contributed by atoms with van der Waals surface area (Å²) in [4.78, 5) is 28.3. The van der Waals surface area contributed by atoms with Crippen LogP contribution >= 0.6 is 0 Å². The van der Waals surface area contributed by atoms with Crippen molar-refractivity contribution in [1.29, 1.82) is 0 Å². The van der Waals surface area contributed by atoms with Gasteiger partial charge in [-0.15, -0.1) is 0 Å². The molecule has 0 bridgehead atoms.